The first-order valence-electron chi connectivity index (χ1n) is 5.12. The molecule has 0 aliphatic rings. The third kappa shape index (κ3) is 3.68. The van der Waals surface area contributed by atoms with Crippen LogP contribution in [-0.2, 0) is 10.1 Å². The smallest absolute Gasteiger partial charge is 0.746 e. The van der Waals surface area contributed by atoms with Crippen LogP contribution >= 0.6 is 0 Å². The summed E-state index contributed by atoms with van der Waals surface area (Å²) in [6.45, 7) is 0. The van der Waals surface area contributed by atoms with E-state index in [9.17, 15) is 18.1 Å². The number of aliphatic hydroxyl groups is 1. The summed E-state index contributed by atoms with van der Waals surface area (Å²) in [7, 11) is -3.21. The van der Waals surface area contributed by atoms with Gasteiger partial charge in [-0.2, -0.15) is 0 Å². The summed E-state index contributed by atoms with van der Waals surface area (Å²) in [6.07, 6.45) is 0. The van der Waals surface area contributed by atoms with E-state index in [2.05, 4.69) is 0 Å². The van der Waals surface area contributed by atoms with E-state index in [0.29, 0.717) is 5.75 Å². The van der Waals surface area contributed by atoms with E-state index >= 15 is 0 Å². The molecule has 96 valence electrons. The van der Waals surface area contributed by atoms with E-state index in [0.717, 1.165) is 10.8 Å². The summed E-state index contributed by atoms with van der Waals surface area (Å²) in [5, 5.41) is 10.9. The Morgan fingerprint density at radius 2 is 1.74 bits per heavy atom. The van der Waals surface area contributed by atoms with E-state index < -0.39 is 15.6 Å². The number of benzene rings is 2. The van der Waals surface area contributed by atoms with Crippen molar-refractivity contribution in [2.45, 2.75) is 5.44 Å². The van der Waals surface area contributed by atoms with Crippen LogP contribution in [0.4, 0.5) is 0 Å². The molecule has 0 heterocycles. The first kappa shape index (κ1) is 16.4. The van der Waals surface area contributed by atoms with Crippen molar-refractivity contribution in [3.63, 3.8) is 0 Å². The van der Waals surface area contributed by atoms with Crippen molar-refractivity contribution in [1.82, 2.24) is 0 Å². The molecule has 0 aliphatic carbocycles. The van der Waals surface area contributed by atoms with Crippen LogP contribution in [0.1, 0.15) is 11.0 Å². The summed E-state index contributed by atoms with van der Waals surface area (Å²) in [5.74, 6) is 0.673. The van der Waals surface area contributed by atoms with Gasteiger partial charge in [0.25, 0.3) is 0 Å². The van der Waals surface area contributed by atoms with E-state index in [-0.39, 0.29) is 35.1 Å². The van der Waals surface area contributed by atoms with Crippen molar-refractivity contribution in [3.05, 3.63) is 42.0 Å². The number of rotatable bonds is 3. The van der Waals surface area contributed by atoms with Crippen molar-refractivity contribution in [3.8, 4) is 5.75 Å². The maximum Gasteiger partial charge on any atom is 1.00 e. The normalized spacial score (nSPS) is 12.8. The number of hydrogen-bond donors (Lipinski definition) is 1. The Morgan fingerprint density at radius 1 is 1.16 bits per heavy atom. The molecule has 19 heavy (non-hydrogen) atoms. The second kappa shape index (κ2) is 6.21. The van der Waals surface area contributed by atoms with E-state index in [1.807, 2.05) is 0 Å². The second-order valence-electron chi connectivity index (χ2n) is 3.82. The molecule has 0 amide bonds. The van der Waals surface area contributed by atoms with E-state index in [4.69, 9.17) is 4.74 Å². The van der Waals surface area contributed by atoms with Crippen molar-refractivity contribution in [1.29, 1.82) is 0 Å². The van der Waals surface area contributed by atoms with Crippen LogP contribution in [0.5, 0.6) is 5.75 Å². The molecule has 2 aromatic rings. The predicted molar refractivity (Wildman–Crippen MR) is 65.2 cm³/mol. The molecule has 0 spiro atoms. The second-order valence-corrected chi connectivity index (χ2v) is 5.25. The summed E-state index contributed by atoms with van der Waals surface area (Å²) < 4.78 is 37.3. The van der Waals surface area contributed by atoms with Gasteiger partial charge in [-0.3, -0.25) is 0 Å². The topological polar surface area (TPSA) is 86.7 Å². The Kier molecular flexibility index (Phi) is 5.37. The molecule has 0 saturated heterocycles. The van der Waals surface area contributed by atoms with Crippen LogP contribution in [0.15, 0.2) is 36.4 Å². The zero-order valence-corrected chi connectivity index (χ0v) is 13.3. The zero-order valence-electron chi connectivity index (χ0n) is 10.5. The summed E-state index contributed by atoms with van der Waals surface area (Å²) in [5.41, 5.74) is -1.98. The summed E-state index contributed by atoms with van der Waals surface area (Å²) in [6, 6.07) is 9.71. The minimum atomic E-state index is -4.76. The van der Waals surface area contributed by atoms with Gasteiger partial charge in [0.1, 0.15) is 15.9 Å². The third-order valence-electron chi connectivity index (χ3n) is 2.63. The monoisotopic (exact) mass is 290 g/mol. The molecule has 0 aromatic heterocycles. The third-order valence-corrected chi connectivity index (χ3v) is 3.45. The number of aliphatic hydroxyl groups excluding tert-OH is 1. The van der Waals surface area contributed by atoms with Gasteiger partial charge in [0.15, 0.2) is 5.44 Å². The van der Waals surface area contributed by atoms with Gasteiger partial charge in [-0.15, -0.1) is 0 Å². The number of hydrogen-bond acceptors (Lipinski definition) is 5. The molecule has 0 saturated carbocycles. The maximum absolute atomic E-state index is 10.7. The molecule has 1 atom stereocenters. The van der Waals surface area contributed by atoms with Crippen LogP contribution in [0.2, 0.25) is 0 Å². The zero-order chi connectivity index (χ0) is 13.3. The van der Waals surface area contributed by atoms with Crippen LogP contribution in [0.25, 0.3) is 10.8 Å². The standard InChI is InChI=1S/C12H12O5S.Na/c1-17-11-5-4-8-6-10(3-2-9(8)7-11)12(13)18(14,15)16;/h2-7,12-13H,1H3,(H,14,15,16);/q;+1/p-1. The van der Waals surface area contributed by atoms with Crippen LogP contribution in [0, 0.1) is 0 Å². The fraction of sp³-hybridized carbons (Fsp3) is 0.167. The van der Waals surface area contributed by atoms with Crippen LogP contribution in [0.3, 0.4) is 0 Å². The molecule has 7 heteroatoms. The quantitative estimate of drug-likeness (QED) is 0.543. The van der Waals surface area contributed by atoms with Crippen molar-refractivity contribution in [2.75, 3.05) is 7.11 Å². The van der Waals surface area contributed by atoms with Crippen molar-refractivity contribution < 1.29 is 52.4 Å². The molecule has 0 aliphatic heterocycles. The molecular weight excluding hydrogens is 279 g/mol. The Morgan fingerprint density at radius 3 is 2.32 bits per heavy atom. The first-order chi connectivity index (χ1) is 8.41. The molecule has 0 fully saturated rings. The van der Waals surface area contributed by atoms with Gasteiger partial charge >= 0.3 is 29.6 Å². The summed E-state index contributed by atoms with van der Waals surface area (Å²) >= 11 is 0. The Hall–Kier alpha value is -0.630. The number of fused-ring (bicyclic) bond motifs is 1. The van der Waals surface area contributed by atoms with Gasteiger partial charge < -0.3 is 14.4 Å². The van der Waals surface area contributed by atoms with Gasteiger partial charge in [-0.25, -0.2) is 8.42 Å². The molecule has 5 nitrogen and oxygen atoms in total. The van der Waals surface area contributed by atoms with E-state index in [1.54, 1.807) is 31.4 Å². The maximum atomic E-state index is 10.7. The van der Waals surface area contributed by atoms with Gasteiger partial charge in [-0.05, 0) is 34.5 Å². The molecule has 2 rings (SSSR count). The predicted octanol–water partition coefficient (Wildman–Crippen LogP) is -1.61. The summed E-state index contributed by atoms with van der Waals surface area (Å²) in [4.78, 5) is 0. The Labute approximate surface area is 133 Å². The van der Waals surface area contributed by atoms with Crippen molar-refractivity contribution in [2.24, 2.45) is 0 Å². The van der Waals surface area contributed by atoms with Crippen molar-refractivity contribution >= 4 is 20.9 Å². The molecule has 1 N–H and O–H groups in total. The SMILES string of the molecule is COc1ccc2cc(C(O)S(=O)(=O)[O-])ccc2c1.[Na+]. The average molecular weight is 290 g/mol. The number of ether oxygens (including phenoxy) is 1. The van der Waals surface area contributed by atoms with Crippen LogP contribution in [-0.4, -0.2) is 25.2 Å². The Balaban J connectivity index is 0.00000180. The molecular formula is C12H11NaO5S. The average Bonchev–Trinajstić information content (AvgIpc) is 2.35. The fourth-order valence-electron chi connectivity index (χ4n) is 1.69. The minimum Gasteiger partial charge on any atom is -0.746 e. The van der Waals surface area contributed by atoms with Gasteiger partial charge in [0, 0.05) is 0 Å². The van der Waals surface area contributed by atoms with Crippen LogP contribution < -0.4 is 34.3 Å². The van der Waals surface area contributed by atoms with Gasteiger partial charge in [0.2, 0.25) is 0 Å². The molecule has 1 unspecified atom stereocenters. The number of methoxy groups -OCH3 is 1. The molecule has 0 bridgehead atoms. The molecule has 0 radical (unpaired) electrons. The van der Waals surface area contributed by atoms with Gasteiger partial charge in [0.05, 0.1) is 7.11 Å². The van der Waals surface area contributed by atoms with Gasteiger partial charge in [-0.1, -0.05) is 18.2 Å². The fourth-order valence-corrected chi connectivity index (χ4v) is 2.17. The largest absolute Gasteiger partial charge is 1.00 e. The molecule has 2 aromatic carbocycles. The Bertz CT molecular complexity index is 684. The first-order valence-corrected chi connectivity index (χ1v) is 6.59. The minimum absolute atomic E-state index is 0. The van der Waals surface area contributed by atoms with E-state index in [1.165, 1.54) is 12.1 Å².